The minimum Gasteiger partial charge on any atom is -0.497 e. The smallest absolute Gasteiger partial charge is 0.241 e. The van der Waals surface area contributed by atoms with E-state index in [-0.39, 0.29) is 25.2 Å². The first-order chi connectivity index (χ1) is 12.2. The summed E-state index contributed by atoms with van der Waals surface area (Å²) in [7, 11) is 1.62. The molecule has 25 heavy (non-hydrogen) atoms. The van der Waals surface area contributed by atoms with Crippen molar-refractivity contribution in [2.24, 2.45) is 0 Å². The van der Waals surface area contributed by atoms with E-state index in [1.807, 2.05) is 24.3 Å². The molecule has 0 bridgehead atoms. The van der Waals surface area contributed by atoms with Crippen LogP contribution < -0.4 is 14.8 Å². The molecule has 2 aromatic rings. The molecule has 134 valence electrons. The lowest BCUT2D eigenvalue weighted by Crippen LogP contribution is -2.34. The monoisotopic (exact) mass is 346 g/mol. The normalized spacial score (nSPS) is 16.6. The third kappa shape index (κ3) is 5.18. The van der Waals surface area contributed by atoms with E-state index in [4.69, 9.17) is 14.2 Å². The van der Waals surface area contributed by atoms with Gasteiger partial charge in [-0.3, -0.25) is 4.79 Å². The predicted molar refractivity (Wildman–Crippen MR) is 89.3 cm³/mol. The predicted octanol–water partition coefficient (Wildman–Crippen LogP) is 1.16. The molecule has 1 aromatic carbocycles. The standard InChI is InChI=1S/C17H22N4O4/c1-23-14-4-6-15(7-5-14)25-12-13-10-21(20-19-13)11-17(22)18-9-16-3-2-8-24-16/h4-7,10,16H,2-3,8-9,11-12H2,1H3,(H,18,22)/t16-/m1/s1. The van der Waals surface area contributed by atoms with Crippen molar-refractivity contribution in [2.45, 2.75) is 32.1 Å². The minimum atomic E-state index is -0.108. The number of rotatable bonds is 8. The summed E-state index contributed by atoms with van der Waals surface area (Å²) in [4.78, 5) is 11.9. The van der Waals surface area contributed by atoms with Crippen LogP contribution in [0.5, 0.6) is 11.5 Å². The number of amides is 1. The van der Waals surface area contributed by atoms with E-state index >= 15 is 0 Å². The molecule has 0 radical (unpaired) electrons. The second-order valence-corrected chi connectivity index (χ2v) is 5.81. The first kappa shape index (κ1) is 17.2. The quantitative estimate of drug-likeness (QED) is 0.772. The van der Waals surface area contributed by atoms with Crippen LogP contribution in [-0.2, 0) is 22.7 Å². The van der Waals surface area contributed by atoms with E-state index in [0.29, 0.717) is 18.0 Å². The molecule has 1 aromatic heterocycles. The molecule has 0 unspecified atom stereocenters. The molecule has 0 spiro atoms. The van der Waals surface area contributed by atoms with Crippen LogP contribution in [0.2, 0.25) is 0 Å². The summed E-state index contributed by atoms with van der Waals surface area (Å²) >= 11 is 0. The van der Waals surface area contributed by atoms with Crippen LogP contribution >= 0.6 is 0 Å². The Morgan fingerprint density at radius 1 is 1.36 bits per heavy atom. The molecule has 1 atom stereocenters. The van der Waals surface area contributed by atoms with Crippen LogP contribution in [0.25, 0.3) is 0 Å². The Labute approximate surface area is 146 Å². The molecule has 0 saturated carbocycles. The van der Waals surface area contributed by atoms with E-state index in [9.17, 15) is 4.79 Å². The number of ether oxygens (including phenoxy) is 3. The Hall–Kier alpha value is -2.61. The third-order valence-corrected chi connectivity index (χ3v) is 3.89. The molecule has 8 nitrogen and oxygen atoms in total. The Morgan fingerprint density at radius 3 is 2.88 bits per heavy atom. The van der Waals surface area contributed by atoms with E-state index in [1.54, 1.807) is 13.3 Å². The maximum absolute atomic E-state index is 11.9. The van der Waals surface area contributed by atoms with Gasteiger partial charge in [-0.2, -0.15) is 0 Å². The zero-order valence-corrected chi connectivity index (χ0v) is 14.2. The zero-order valence-electron chi connectivity index (χ0n) is 14.2. The first-order valence-corrected chi connectivity index (χ1v) is 8.27. The number of methoxy groups -OCH3 is 1. The van der Waals surface area contributed by atoms with Gasteiger partial charge in [0, 0.05) is 13.2 Å². The van der Waals surface area contributed by atoms with Gasteiger partial charge in [0.05, 0.1) is 19.4 Å². The lowest BCUT2D eigenvalue weighted by molar-refractivity contribution is -0.122. The summed E-state index contributed by atoms with van der Waals surface area (Å²) in [6.07, 6.45) is 3.89. The van der Waals surface area contributed by atoms with Gasteiger partial charge in [0.25, 0.3) is 0 Å². The molecule has 1 amide bonds. The Morgan fingerprint density at radius 2 is 2.16 bits per heavy atom. The van der Waals surface area contributed by atoms with E-state index in [0.717, 1.165) is 25.2 Å². The minimum absolute atomic E-state index is 0.108. The van der Waals surface area contributed by atoms with E-state index < -0.39 is 0 Å². The molecular weight excluding hydrogens is 324 g/mol. The van der Waals surface area contributed by atoms with Crippen LogP contribution in [0.4, 0.5) is 0 Å². The highest BCUT2D eigenvalue weighted by molar-refractivity contribution is 5.75. The van der Waals surface area contributed by atoms with Crippen molar-refractivity contribution in [2.75, 3.05) is 20.3 Å². The number of nitrogens with one attached hydrogen (secondary N) is 1. The van der Waals surface area contributed by atoms with Crippen LogP contribution in [0.1, 0.15) is 18.5 Å². The molecule has 3 rings (SSSR count). The highest BCUT2D eigenvalue weighted by Crippen LogP contribution is 2.17. The fourth-order valence-electron chi connectivity index (χ4n) is 2.55. The topological polar surface area (TPSA) is 87.5 Å². The number of carbonyl (C=O) groups excluding carboxylic acids is 1. The van der Waals surface area contributed by atoms with Crippen LogP contribution in [-0.4, -0.2) is 47.3 Å². The lowest BCUT2D eigenvalue weighted by atomic mass is 10.2. The third-order valence-electron chi connectivity index (χ3n) is 3.89. The molecule has 1 aliphatic rings. The molecule has 2 heterocycles. The van der Waals surface area contributed by atoms with Crippen molar-refractivity contribution in [1.82, 2.24) is 20.3 Å². The average Bonchev–Trinajstić information content (AvgIpc) is 3.30. The fourth-order valence-corrected chi connectivity index (χ4v) is 2.55. The van der Waals surface area contributed by atoms with E-state index in [1.165, 1.54) is 4.68 Å². The first-order valence-electron chi connectivity index (χ1n) is 8.27. The van der Waals surface area contributed by atoms with Gasteiger partial charge in [0.2, 0.25) is 5.91 Å². The molecule has 0 aliphatic carbocycles. The number of carbonyl (C=O) groups is 1. The van der Waals surface area contributed by atoms with Crippen molar-refractivity contribution in [3.8, 4) is 11.5 Å². The number of hydrogen-bond acceptors (Lipinski definition) is 6. The summed E-state index contributed by atoms with van der Waals surface area (Å²) in [5.74, 6) is 1.37. The lowest BCUT2D eigenvalue weighted by Gasteiger charge is -2.10. The van der Waals surface area contributed by atoms with Gasteiger partial charge >= 0.3 is 0 Å². The Bertz CT molecular complexity index is 680. The van der Waals surface area contributed by atoms with Gasteiger partial charge in [0.1, 0.15) is 30.3 Å². The average molecular weight is 346 g/mol. The highest BCUT2D eigenvalue weighted by Gasteiger charge is 2.16. The second kappa shape index (κ2) is 8.48. The van der Waals surface area contributed by atoms with Crippen molar-refractivity contribution in [3.05, 3.63) is 36.2 Å². The van der Waals surface area contributed by atoms with Crippen molar-refractivity contribution < 1.29 is 19.0 Å². The van der Waals surface area contributed by atoms with Gasteiger partial charge in [0.15, 0.2) is 0 Å². The summed E-state index contributed by atoms with van der Waals surface area (Å²) in [6.45, 7) is 1.73. The molecule has 1 N–H and O–H groups in total. The summed E-state index contributed by atoms with van der Waals surface area (Å²) in [6, 6.07) is 7.29. The number of aromatic nitrogens is 3. The SMILES string of the molecule is COc1ccc(OCc2cn(CC(=O)NC[C@H]3CCCO3)nn2)cc1. The van der Waals surface area contributed by atoms with Crippen molar-refractivity contribution in [3.63, 3.8) is 0 Å². The number of hydrogen-bond donors (Lipinski definition) is 1. The molecule has 1 saturated heterocycles. The second-order valence-electron chi connectivity index (χ2n) is 5.81. The van der Waals surface area contributed by atoms with E-state index in [2.05, 4.69) is 15.6 Å². The summed E-state index contributed by atoms with van der Waals surface area (Å²) in [5.41, 5.74) is 0.655. The Balaban J connectivity index is 1.42. The van der Waals surface area contributed by atoms with Gasteiger partial charge < -0.3 is 19.5 Å². The van der Waals surface area contributed by atoms with Crippen LogP contribution in [0.15, 0.2) is 30.5 Å². The van der Waals surface area contributed by atoms with Crippen LogP contribution in [0.3, 0.4) is 0 Å². The van der Waals surface area contributed by atoms with Gasteiger partial charge in [-0.15, -0.1) is 5.10 Å². The molecule has 8 heteroatoms. The van der Waals surface area contributed by atoms with Gasteiger partial charge in [-0.05, 0) is 37.1 Å². The fraction of sp³-hybridized carbons (Fsp3) is 0.471. The summed E-state index contributed by atoms with van der Waals surface area (Å²) in [5, 5.41) is 10.8. The maximum atomic E-state index is 11.9. The molecule has 1 aliphatic heterocycles. The zero-order chi connectivity index (χ0) is 17.5. The van der Waals surface area contributed by atoms with Crippen molar-refractivity contribution in [1.29, 1.82) is 0 Å². The number of benzene rings is 1. The maximum Gasteiger partial charge on any atom is 0.241 e. The van der Waals surface area contributed by atoms with Gasteiger partial charge in [-0.1, -0.05) is 5.21 Å². The van der Waals surface area contributed by atoms with Crippen molar-refractivity contribution >= 4 is 5.91 Å². The Kier molecular flexibility index (Phi) is 5.84. The van der Waals surface area contributed by atoms with Gasteiger partial charge in [-0.25, -0.2) is 4.68 Å². The van der Waals surface area contributed by atoms with Crippen LogP contribution in [0, 0.1) is 0 Å². The highest BCUT2D eigenvalue weighted by atomic mass is 16.5. The largest absolute Gasteiger partial charge is 0.497 e. The summed E-state index contributed by atoms with van der Waals surface area (Å²) < 4.78 is 17.7. The number of nitrogens with zero attached hydrogens (tertiary/aromatic N) is 3. The molecular formula is C17H22N4O4. The molecule has 1 fully saturated rings.